The van der Waals surface area contributed by atoms with Crippen molar-refractivity contribution in [3.8, 4) is 0 Å². The Labute approximate surface area is 269 Å². The van der Waals surface area contributed by atoms with E-state index in [0.717, 1.165) is 50.4 Å². The highest BCUT2D eigenvalue weighted by atomic mass is 16.7. The van der Waals surface area contributed by atoms with Crippen molar-refractivity contribution in [2.24, 2.45) is 34.5 Å². The van der Waals surface area contributed by atoms with Gasteiger partial charge in [0.1, 0.15) is 18.8 Å². The summed E-state index contributed by atoms with van der Waals surface area (Å²) in [4.78, 5) is 34.7. The summed E-state index contributed by atoms with van der Waals surface area (Å²) in [5.41, 5.74) is 3.62. The average molecular weight is 627 g/mol. The van der Waals surface area contributed by atoms with Gasteiger partial charge in [-0.2, -0.15) is 0 Å². The Morgan fingerprint density at radius 3 is 2.51 bits per heavy atom. The SMILES string of the molecule is C/C=C(\CCCC(=O)OC)[C@H]1CC[C@H]2[C@@H]3CC=C4C[C@@H](O[C@@H]5C=C[C@H](OC(C)=O)[C@@H](COC(C)=O)O5)CC[C@]4(C)[C@H]3CC[C@]12C. The number of fused-ring (bicyclic) bond motifs is 5. The summed E-state index contributed by atoms with van der Waals surface area (Å²) in [6.45, 7) is 9.97. The first kappa shape index (κ1) is 33.9. The monoisotopic (exact) mass is 626 g/mol. The van der Waals surface area contributed by atoms with E-state index in [-0.39, 0.29) is 24.1 Å². The Morgan fingerprint density at radius 2 is 1.80 bits per heavy atom. The van der Waals surface area contributed by atoms with Crippen LogP contribution in [0.4, 0.5) is 0 Å². The van der Waals surface area contributed by atoms with Crippen LogP contribution in [-0.2, 0) is 38.1 Å². The van der Waals surface area contributed by atoms with Crippen LogP contribution in [0, 0.1) is 34.5 Å². The number of carbonyl (C=O) groups excluding carboxylic acids is 3. The molecule has 0 unspecified atom stereocenters. The standard InChI is InChI=1S/C37H54O8/c1-7-25(9-8-10-34(40)41-6)29-13-14-30-28-12-11-26-21-27(17-19-36(26,4)31(28)18-20-37(29,30)5)44-35-16-15-32(43-24(3)39)33(45-35)22-42-23(2)38/h7,11,15-16,27-33,35H,8-10,12-14,17-22H2,1-6H3/b25-7+/t27-,28-,29+,30-,31-,32-,33+,35-,36-,37+/m0/s1. The smallest absolute Gasteiger partial charge is 0.305 e. The van der Waals surface area contributed by atoms with Crippen LogP contribution in [0.5, 0.6) is 0 Å². The summed E-state index contributed by atoms with van der Waals surface area (Å²) in [5.74, 6) is 1.84. The summed E-state index contributed by atoms with van der Waals surface area (Å²) >= 11 is 0. The third-order valence-electron chi connectivity index (χ3n) is 12.2. The van der Waals surface area contributed by atoms with Crippen molar-refractivity contribution in [2.45, 2.75) is 130 Å². The predicted octanol–water partition coefficient (Wildman–Crippen LogP) is 7.02. The second kappa shape index (κ2) is 14.1. The lowest BCUT2D eigenvalue weighted by Crippen LogP contribution is -2.51. The van der Waals surface area contributed by atoms with Gasteiger partial charge >= 0.3 is 17.9 Å². The maximum absolute atomic E-state index is 11.7. The minimum atomic E-state index is -0.620. The van der Waals surface area contributed by atoms with E-state index in [1.807, 2.05) is 6.08 Å². The van der Waals surface area contributed by atoms with E-state index in [0.29, 0.717) is 23.7 Å². The first-order chi connectivity index (χ1) is 21.5. The van der Waals surface area contributed by atoms with E-state index in [1.54, 1.807) is 17.2 Å². The van der Waals surface area contributed by atoms with E-state index >= 15 is 0 Å². The quantitative estimate of drug-likeness (QED) is 0.145. The molecule has 4 aliphatic carbocycles. The first-order valence-electron chi connectivity index (χ1n) is 17.2. The lowest BCUT2D eigenvalue weighted by molar-refractivity contribution is -0.213. The molecule has 8 heteroatoms. The summed E-state index contributed by atoms with van der Waals surface area (Å²) in [7, 11) is 1.47. The van der Waals surface area contributed by atoms with Crippen LogP contribution in [0.15, 0.2) is 35.5 Å². The third kappa shape index (κ3) is 7.12. The Bertz CT molecular complexity index is 1200. The van der Waals surface area contributed by atoms with Gasteiger partial charge in [0, 0.05) is 20.3 Å². The van der Waals surface area contributed by atoms with Gasteiger partial charge in [0.2, 0.25) is 0 Å². The van der Waals surface area contributed by atoms with Crippen molar-refractivity contribution in [1.82, 2.24) is 0 Å². The minimum absolute atomic E-state index is 0.00157. The fourth-order valence-electron chi connectivity index (χ4n) is 9.94. The molecule has 0 saturated heterocycles. The van der Waals surface area contributed by atoms with Gasteiger partial charge in [-0.3, -0.25) is 14.4 Å². The van der Waals surface area contributed by atoms with Gasteiger partial charge < -0.3 is 23.7 Å². The third-order valence-corrected chi connectivity index (χ3v) is 12.2. The maximum Gasteiger partial charge on any atom is 0.305 e. The molecular weight excluding hydrogens is 572 g/mol. The molecule has 5 rings (SSSR count). The van der Waals surface area contributed by atoms with Crippen LogP contribution in [0.1, 0.15) is 105 Å². The van der Waals surface area contributed by atoms with Crippen LogP contribution in [0.2, 0.25) is 0 Å². The molecule has 10 atom stereocenters. The Hall–Kier alpha value is -2.45. The number of hydrogen-bond acceptors (Lipinski definition) is 8. The number of carbonyl (C=O) groups is 3. The molecule has 0 bridgehead atoms. The van der Waals surface area contributed by atoms with Gasteiger partial charge in [0.15, 0.2) is 6.29 Å². The van der Waals surface area contributed by atoms with Crippen molar-refractivity contribution < 1.29 is 38.1 Å². The van der Waals surface area contributed by atoms with E-state index in [1.165, 1.54) is 46.6 Å². The van der Waals surface area contributed by atoms with Crippen LogP contribution >= 0.6 is 0 Å². The second-order valence-corrected chi connectivity index (χ2v) is 14.5. The Morgan fingerprint density at radius 1 is 1.00 bits per heavy atom. The second-order valence-electron chi connectivity index (χ2n) is 14.5. The molecule has 1 heterocycles. The van der Waals surface area contributed by atoms with Gasteiger partial charge in [-0.15, -0.1) is 0 Å². The van der Waals surface area contributed by atoms with Crippen molar-refractivity contribution in [1.29, 1.82) is 0 Å². The van der Waals surface area contributed by atoms with Crippen LogP contribution < -0.4 is 0 Å². The summed E-state index contributed by atoms with van der Waals surface area (Å²) in [6, 6.07) is 0. The summed E-state index contributed by atoms with van der Waals surface area (Å²) in [6.07, 6.45) is 18.3. The molecular formula is C37H54O8. The highest BCUT2D eigenvalue weighted by Gasteiger charge is 2.59. The van der Waals surface area contributed by atoms with Crippen LogP contribution in [-0.4, -0.2) is 56.2 Å². The lowest BCUT2D eigenvalue weighted by atomic mass is 9.47. The predicted molar refractivity (Wildman–Crippen MR) is 170 cm³/mol. The number of rotatable bonds is 10. The highest BCUT2D eigenvalue weighted by Crippen LogP contribution is 2.67. The van der Waals surface area contributed by atoms with Gasteiger partial charge in [0.25, 0.3) is 0 Å². The Balaban J connectivity index is 1.22. The molecule has 0 aromatic heterocycles. The zero-order valence-electron chi connectivity index (χ0n) is 28.2. The molecule has 250 valence electrons. The number of hydrogen-bond donors (Lipinski definition) is 0. The van der Waals surface area contributed by atoms with Gasteiger partial charge in [-0.25, -0.2) is 0 Å². The molecule has 0 aromatic rings. The Kier molecular flexibility index (Phi) is 10.6. The fraction of sp³-hybridized carbons (Fsp3) is 0.757. The zero-order valence-corrected chi connectivity index (χ0v) is 28.2. The van der Waals surface area contributed by atoms with E-state index in [2.05, 4.69) is 32.9 Å². The molecule has 3 saturated carbocycles. The average Bonchev–Trinajstić information content (AvgIpc) is 3.36. The lowest BCUT2D eigenvalue weighted by Gasteiger charge is -2.58. The van der Waals surface area contributed by atoms with Gasteiger partial charge in [0.05, 0.1) is 13.2 Å². The maximum atomic E-state index is 11.7. The molecule has 0 spiro atoms. The van der Waals surface area contributed by atoms with Gasteiger partial charge in [-0.05, 0) is 118 Å². The van der Waals surface area contributed by atoms with Crippen LogP contribution in [0.3, 0.4) is 0 Å². The number of methoxy groups -OCH3 is 1. The van der Waals surface area contributed by atoms with Gasteiger partial charge in [-0.1, -0.05) is 37.1 Å². The highest BCUT2D eigenvalue weighted by molar-refractivity contribution is 5.69. The molecule has 0 aromatic carbocycles. The van der Waals surface area contributed by atoms with Crippen molar-refractivity contribution in [2.75, 3.05) is 13.7 Å². The van der Waals surface area contributed by atoms with Crippen molar-refractivity contribution in [3.63, 3.8) is 0 Å². The normalized spacial score (nSPS) is 39.2. The largest absolute Gasteiger partial charge is 0.469 e. The van der Waals surface area contributed by atoms with Crippen molar-refractivity contribution >= 4 is 17.9 Å². The molecule has 0 amide bonds. The van der Waals surface area contributed by atoms with Crippen LogP contribution in [0.25, 0.3) is 0 Å². The van der Waals surface area contributed by atoms with E-state index in [9.17, 15) is 14.4 Å². The molecule has 3 fully saturated rings. The van der Waals surface area contributed by atoms with E-state index < -0.39 is 30.4 Å². The molecule has 8 nitrogen and oxygen atoms in total. The summed E-state index contributed by atoms with van der Waals surface area (Å²) < 4.78 is 28.0. The number of esters is 3. The zero-order chi connectivity index (χ0) is 32.4. The first-order valence-corrected chi connectivity index (χ1v) is 17.2. The van der Waals surface area contributed by atoms with Crippen molar-refractivity contribution in [3.05, 3.63) is 35.5 Å². The molecule has 45 heavy (non-hydrogen) atoms. The minimum Gasteiger partial charge on any atom is -0.469 e. The van der Waals surface area contributed by atoms with E-state index in [4.69, 9.17) is 23.7 Å². The summed E-state index contributed by atoms with van der Waals surface area (Å²) in [5, 5.41) is 0. The molecule has 0 N–H and O–H groups in total. The molecule has 1 aliphatic heterocycles. The fourth-order valence-corrected chi connectivity index (χ4v) is 9.94. The number of allylic oxidation sites excluding steroid dienone is 3. The number of ether oxygens (including phenoxy) is 5. The topological polar surface area (TPSA) is 97.4 Å². The molecule has 5 aliphatic rings. The molecule has 0 radical (unpaired) electrons.